The Balaban J connectivity index is 1.35. The molecule has 2 saturated heterocycles. The molecule has 6 atom stereocenters. The third kappa shape index (κ3) is 3.63. The first-order valence-electron chi connectivity index (χ1n) is 15.0. The van der Waals surface area contributed by atoms with Gasteiger partial charge in [0, 0.05) is 12.0 Å². The molecule has 7 heteroatoms. The molecular weight excluding hydrogens is 516 g/mol. The molecule has 2 heterocycles. The molecule has 2 saturated carbocycles. The van der Waals surface area contributed by atoms with Crippen molar-refractivity contribution in [2.45, 2.75) is 70.8 Å². The van der Waals surface area contributed by atoms with Gasteiger partial charge in [-0.05, 0) is 74.8 Å². The quantitative estimate of drug-likeness (QED) is 0.414. The number of aryl methyl sites for hydroxylation is 1. The Morgan fingerprint density at radius 2 is 1.61 bits per heavy atom. The molecule has 0 bridgehead atoms. The Hall–Kier alpha value is -3.74. The zero-order chi connectivity index (χ0) is 28.6. The first kappa shape index (κ1) is 26.2. The van der Waals surface area contributed by atoms with E-state index in [1.807, 2.05) is 44.2 Å². The summed E-state index contributed by atoms with van der Waals surface area (Å²) in [6, 6.07) is 14.4. The number of imide groups is 2. The third-order valence-electron chi connectivity index (χ3n) is 10.8. The molecule has 7 rings (SSSR count). The highest BCUT2D eigenvalue weighted by molar-refractivity contribution is 6.24. The Bertz CT molecular complexity index is 1490. The first-order valence-corrected chi connectivity index (χ1v) is 15.0. The molecule has 5 aliphatic rings. The van der Waals surface area contributed by atoms with Gasteiger partial charge in [0.2, 0.25) is 23.6 Å². The second-order valence-electron chi connectivity index (χ2n) is 12.9. The second kappa shape index (κ2) is 9.40. The number of aromatic hydroxyl groups is 1. The van der Waals surface area contributed by atoms with Gasteiger partial charge in [0.1, 0.15) is 5.75 Å². The molecule has 0 aromatic heterocycles. The standard InChI is InChI=1S/C34H36N2O5/c1-19-17-20(13-16-27(19)37)29-23-14-15-24-28(32(40)35(30(24)38)21-9-5-3-6-10-21)25(23)18-26-31(39)36(33(41)34(26,29)2)22-11-7-4-8-12-22/h4,7-8,11-14,16-17,21,24-26,28-29,37H,3,5-6,9-10,15,18H2,1-2H3/t24-,25+,26-,28-,29-,34+/m0/s1. The molecular formula is C34H36N2O5. The van der Waals surface area contributed by atoms with Crippen molar-refractivity contribution in [1.82, 2.24) is 4.90 Å². The van der Waals surface area contributed by atoms with Crippen LogP contribution in [0.25, 0.3) is 0 Å². The van der Waals surface area contributed by atoms with Crippen molar-refractivity contribution in [3.63, 3.8) is 0 Å². The molecule has 4 fully saturated rings. The summed E-state index contributed by atoms with van der Waals surface area (Å²) < 4.78 is 0. The number of carbonyl (C=O) groups is 4. The van der Waals surface area contributed by atoms with Crippen LogP contribution in [0.15, 0.2) is 60.2 Å². The van der Waals surface area contributed by atoms with Crippen LogP contribution in [0.1, 0.15) is 68.9 Å². The van der Waals surface area contributed by atoms with Crippen molar-refractivity contribution in [3.8, 4) is 5.75 Å². The smallest absolute Gasteiger partial charge is 0.241 e. The number of hydrogen-bond donors (Lipinski definition) is 1. The van der Waals surface area contributed by atoms with Crippen LogP contribution in [0.2, 0.25) is 0 Å². The Kier molecular flexibility index (Phi) is 6.00. The van der Waals surface area contributed by atoms with E-state index in [1.54, 1.807) is 23.1 Å². The van der Waals surface area contributed by atoms with E-state index in [4.69, 9.17) is 0 Å². The monoisotopic (exact) mass is 552 g/mol. The lowest BCUT2D eigenvalue weighted by Crippen LogP contribution is -2.49. The highest BCUT2D eigenvalue weighted by Gasteiger charge is 2.67. The molecule has 4 amide bonds. The van der Waals surface area contributed by atoms with Crippen LogP contribution in [0.5, 0.6) is 5.75 Å². The number of hydrogen-bond acceptors (Lipinski definition) is 5. The van der Waals surface area contributed by atoms with Gasteiger partial charge in [-0.2, -0.15) is 0 Å². The zero-order valence-electron chi connectivity index (χ0n) is 23.6. The SMILES string of the molecule is Cc1cc([C@H]2C3=CC[C@@H]4C(=O)N(C5CCCCC5)C(=O)[C@@H]4[C@@H]3C[C@H]3C(=O)N(c4ccccc4)C(=O)[C@@]23C)ccc1O. The average molecular weight is 553 g/mol. The fraction of sp³-hybridized carbons (Fsp3) is 0.471. The van der Waals surface area contributed by atoms with Crippen LogP contribution in [-0.4, -0.2) is 39.7 Å². The molecule has 2 aromatic rings. The normalized spacial score (nSPS) is 33.5. The molecule has 3 aliphatic carbocycles. The number of benzene rings is 2. The molecule has 1 N–H and O–H groups in total. The van der Waals surface area contributed by atoms with E-state index in [2.05, 4.69) is 6.08 Å². The van der Waals surface area contributed by atoms with E-state index in [9.17, 15) is 24.3 Å². The van der Waals surface area contributed by atoms with Crippen LogP contribution in [-0.2, 0) is 19.2 Å². The van der Waals surface area contributed by atoms with Gasteiger partial charge >= 0.3 is 0 Å². The predicted octanol–water partition coefficient (Wildman–Crippen LogP) is 5.26. The topological polar surface area (TPSA) is 95.0 Å². The van der Waals surface area contributed by atoms with Gasteiger partial charge in [-0.15, -0.1) is 0 Å². The van der Waals surface area contributed by atoms with Gasteiger partial charge < -0.3 is 5.11 Å². The van der Waals surface area contributed by atoms with E-state index in [1.165, 1.54) is 4.90 Å². The lowest BCUT2D eigenvalue weighted by molar-refractivity contribution is -0.144. The lowest BCUT2D eigenvalue weighted by atomic mass is 9.51. The van der Waals surface area contributed by atoms with E-state index < -0.39 is 29.1 Å². The van der Waals surface area contributed by atoms with E-state index in [0.29, 0.717) is 24.1 Å². The fourth-order valence-corrected chi connectivity index (χ4v) is 8.80. The van der Waals surface area contributed by atoms with Crippen molar-refractivity contribution in [2.24, 2.45) is 29.1 Å². The minimum atomic E-state index is -1.07. The Morgan fingerprint density at radius 1 is 0.878 bits per heavy atom. The van der Waals surface area contributed by atoms with Crippen LogP contribution in [0.3, 0.4) is 0 Å². The summed E-state index contributed by atoms with van der Waals surface area (Å²) >= 11 is 0. The van der Waals surface area contributed by atoms with Crippen molar-refractivity contribution < 1.29 is 24.3 Å². The third-order valence-corrected chi connectivity index (χ3v) is 10.8. The van der Waals surface area contributed by atoms with Crippen LogP contribution in [0.4, 0.5) is 5.69 Å². The minimum Gasteiger partial charge on any atom is -0.508 e. The maximum absolute atomic E-state index is 14.4. The van der Waals surface area contributed by atoms with E-state index in [0.717, 1.165) is 43.2 Å². The number of rotatable bonds is 3. The van der Waals surface area contributed by atoms with Gasteiger partial charge in [-0.3, -0.25) is 24.1 Å². The molecule has 212 valence electrons. The van der Waals surface area contributed by atoms with Crippen LogP contribution < -0.4 is 4.90 Å². The number of likely N-dealkylation sites (tertiary alicyclic amines) is 1. The summed E-state index contributed by atoms with van der Waals surface area (Å²) in [6.07, 6.45) is 7.82. The second-order valence-corrected chi connectivity index (χ2v) is 12.9. The van der Waals surface area contributed by atoms with Crippen molar-refractivity contribution in [3.05, 3.63) is 71.3 Å². The predicted molar refractivity (Wildman–Crippen MR) is 153 cm³/mol. The molecule has 0 unspecified atom stereocenters. The van der Waals surface area contributed by atoms with Gasteiger partial charge in [0.25, 0.3) is 0 Å². The number of anilines is 1. The maximum Gasteiger partial charge on any atom is 0.241 e. The maximum atomic E-state index is 14.4. The number of phenolic OH excluding ortho intramolecular Hbond substituents is 1. The van der Waals surface area contributed by atoms with Crippen LogP contribution in [0, 0.1) is 36.0 Å². The number of carbonyl (C=O) groups excluding carboxylic acids is 4. The highest BCUT2D eigenvalue weighted by Crippen LogP contribution is 2.63. The zero-order valence-corrected chi connectivity index (χ0v) is 23.6. The highest BCUT2D eigenvalue weighted by atomic mass is 16.3. The lowest BCUT2D eigenvalue weighted by Gasteiger charge is -2.49. The number of fused-ring (bicyclic) bond motifs is 4. The Morgan fingerprint density at radius 3 is 2.32 bits per heavy atom. The molecule has 41 heavy (non-hydrogen) atoms. The van der Waals surface area contributed by atoms with Gasteiger partial charge in [0.05, 0.1) is 28.9 Å². The summed E-state index contributed by atoms with van der Waals surface area (Å²) in [6.45, 7) is 3.72. The minimum absolute atomic E-state index is 0.0366. The summed E-state index contributed by atoms with van der Waals surface area (Å²) in [7, 11) is 0. The van der Waals surface area contributed by atoms with Gasteiger partial charge in [0.15, 0.2) is 0 Å². The number of para-hydroxylation sites is 1. The molecule has 2 aliphatic heterocycles. The van der Waals surface area contributed by atoms with Crippen molar-refractivity contribution in [2.75, 3.05) is 4.90 Å². The molecule has 0 spiro atoms. The number of phenols is 1. The summed E-state index contributed by atoms with van der Waals surface area (Å²) in [5.41, 5.74) is 1.99. The number of allylic oxidation sites excluding steroid dienone is 2. The van der Waals surface area contributed by atoms with Crippen molar-refractivity contribution in [1.29, 1.82) is 0 Å². The number of amides is 4. The van der Waals surface area contributed by atoms with E-state index >= 15 is 0 Å². The van der Waals surface area contributed by atoms with Gasteiger partial charge in [-0.1, -0.05) is 61.2 Å². The van der Waals surface area contributed by atoms with Crippen molar-refractivity contribution >= 4 is 29.3 Å². The summed E-state index contributed by atoms with van der Waals surface area (Å²) in [5.74, 6) is -2.80. The first-order chi connectivity index (χ1) is 19.7. The summed E-state index contributed by atoms with van der Waals surface area (Å²) in [5, 5.41) is 10.3. The fourth-order valence-electron chi connectivity index (χ4n) is 8.80. The largest absolute Gasteiger partial charge is 0.508 e. The van der Waals surface area contributed by atoms with E-state index in [-0.39, 0.29) is 41.3 Å². The van der Waals surface area contributed by atoms with Gasteiger partial charge in [-0.25, -0.2) is 4.90 Å². The average Bonchev–Trinajstić information content (AvgIpc) is 3.35. The summed E-state index contributed by atoms with van der Waals surface area (Å²) in [4.78, 5) is 59.3. The molecule has 0 radical (unpaired) electrons. The molecule has 2 aromatic carbocycles. The van der Waals surface area contributed by atoms with Crippen LogP contribution >= 0.6 is 0 Å². The number of nitrogens with zero attached hydrogens (tertiary/aromatic N) is 2. The Labute approximate surface area is 240 Å². The molecule has 7 nitrogen and oxygen atoms in total.